The molecule has 0 radical (unpaired) electrons. The number of hydrogen-bond donors (Lipinski definition) is 1. The first-order valence-electron chi connectivity index (χ1n) is 6.21. The van der Waals surface area contributed by atoms with Crippen molar-refractivity contribution in [3.05, 3.63) is 0 Å². The molecule has 0 bridgehead atoms. The van der Waals surface area contributed by atoms with Gasteiger partial charge in [-0.25, -0.2) is 0 Å². The van der Waals surface area contributed by atoms with Crippen molar-refractivity contribution in [1.29, 1.82) is 0 Å². The zero-order valence-corrected chi connectivity index (χ0v) is 9.32. The highest BCUT2D eigenvalue weighted by Crippen LogP contribution is 2.27. The standard InChI is InChI=1S/C12H21NO2/c14-12(15)11-8-13(9-11)7-6-10-4-2-1-3-5-10/h10-11H,1-9H2,(H,14,15). The van der Waals surface area contributed by atoms with Crippen molar-refractivity contribution in [1.82, 2.24) is 4.90 Å². The second-order valence-electron chi connectivity index (χ2n) is 5.09. The summed E-state index contributed by atoms with van der Waals surface area (Å²) in [6.45, 7) is 2.68. The van der Waals surface area contributed by atoms with E-state index in [0.717, 1.165) is 25.6 Å². The van der Waals surface area contributed by atoms with Crippen LogP contribution in [0.2, 0.25) is 0 Å². The van der Waals surface area contributed by atoms with Crippen LogP contribution in [0.3, 0.4) is 0 Å². The average molecular weight is 211 g/mol. The monoisotopic (exact) mass is 211 g/mol. The molecule has 1 saturated heterocycles. The van der Waals surface area contributed by atoms with Gasteiger partial charge in [0.25, 0.3) is 0 Å². The molecule has 0 aromatic heterocycles. The molecule has 1 heterocycles. The fourth-order valence-electron chi connectivity index (χ4n) is 2.75. The molecule has 0 amide bonds. The lowest BCUT2D eigenvalue weighted by Gasteiger charge is -2.37. The van der Waals surface area contributed by atoms with Crippen molar-refractivity contribution in [3.8, 4) is 0 Å². The zero-order valence-electron chi connectivity index (χ0n) is 9.32. The fraction of sp³-hybridized carbons (Fsp3) is 0.917. The van der Waals surface area contributed by atoms with Gasteiger partial charge >= 0.3 is 5.97 Å². The predicted octanol–water partition coefficient (Wildman–Crippen LogP) is 1.97. The van der Waals surface area contributed by atoms with Crippen LogP contribution in [-0.2, 0) is 4.79 Å². The molecule has 1 aliphatic carbocycles. The Labute approximate surface area is 91.5 Å². The Morgan fingerprint density at radius 3 is 2.47 bits per heavy atom. The average Bonchev–Trinajstić information content (AvgIpc) is 2.16. The summed E-state index contributed by atoms with van der Waals surface area (Å²) in [6, 6.07) is 0. The third-order valence-electron chi connectivity index (χ3n) is 3.88. The maximum Gasteiger partial charge on any atom is 0.309 e. The van der Waals surface area contributed by atoms with Gasteiger partial charge in [0, 0.05) is 13.1 Å². The van der Waals surface area contributed by atoms with E-state index in [1.165, 1.54) is 38.5 Å². The Morgan fingerprint density at radius 1 is 1.20 bits per heavy atom. The van der Waals surface area contributed by atoms with Gasteiger partial charge in [0.1, 0.15) is 0 Å². The number of likely N-dealkylation sites (tertiary alicyclic amines) is 1. The molecule has 15 heavy (non-hydrogen) atoms. The van der Waals surface area contributed by atoms with Gasteiger partial charge in [-0.15, -0.1) is 0 Å². The zero-order chi connectivity index (χ0) is 10.7. The second-order valence-corrected chi connectivity index (χ2v) is 5.09. The molecule has 1 N–H and O–H groups in total. The third kappa shape index (κ3) is 2.94. The van der Waals surface area contributed by atoms with Crippen molar-refractivity contribution >= 4 is 5.97 Å². The van der Waals surface area contributed by atoms with Crippen LogP contribution in [0.1, 0.15) is 38.5 Å². The van der Waals surface area contributed by atoms with Gasteiger partial charge in [0.05, 0.1) is 5.92 Å². The van der Waals surface area contributed by atoms with Crippen molar-refractivity contribution in [2.45, 2.75) is 38.5 Å². The molecule has 2 aliphatic rings. The minimum atomic E-state index is -0.621. The molecule has 0 unspecified atom stereocenters. The lowest BCUT2D eigenvalue weighted by atomic mass is 9.86. The molecule has 0 aromatic carbocycles. The predicted molar refractivity (Wildman–Crippen MR) is 58.8 cm³/mol. The van der Waals surface area contributed by atoms with E-state index in [9.17, 15) is 4.79 Å². The molecule has 1 aliphatic heterocycles. The van der Waals surface area contributed by atoms with Gasteiger partial charge in [-0.05, 0) is 18.9 Å². The van der Waals surface area contributed by atoms with Crippen LogP contribution in [0.5, 0.6) is 0 Å². The van der Waals surface area contributed by atoms with E-state index in [1.54, 1.807) is 0 Å². The first-order valence-corrected chi connectivity index (χ1v) is 6.21. The topological polar surface area (TPSA) is 40.5 Å². The lowest BCUT2D eigenvalue weighted by molar-refractivity contribution is -0.147. The first-order chi connectivity index (χ1) is 7.25. The van der Waals surface area contributed by atoms with Gasteiger partial charge < -0.3 is 10.0 Å². The summed E-state index contributed by atoms with van der Waals surface area (Å²) in [4.78, 5) is 12.9. The van der Waals surface area contributed by atoms with E-state index < -0.39 is 5.97 Å². The van der Waals surface area contributed by atoms with Crippen molar-refractivity contribution in [2.75, 3.05) is 19.6 Å². The highest BCUT2D eigenvalue weighted by Gasteiger charge is 2.32. The molecule has 86 valence electrons. The van der Waals surface area contributed by atoms with Crippen molar-refractivity contribution in [3.63, 3.8) is 0 Å². The summed E-state index contributed by atoms with van der Waals surface area (Å²) < 4.78 is 0. The Hall–Kier alpha value is -0.570. The fourth-order valence-corrected chi connectivity index (χ4v) is 2.75. The summed E-state index contributed by atoms with van der Waals surface area (Å²) in [7, 11) is 0. The van der Waals surface area contributed by atoms with E-state index >= 15 is 0 Å². The number of carboxylic acid groups (broad SMARTS) is 1. The van der Waals surface area contributed by atoms with Crippen LogP contribution in [0, 0.1) is 11.8 Å². The summed E-state index contributed by atoms with van der Waals surface area (Å²) in [5.74, 6) is 0.211. The number of hydrogen-bond acceptors (Lipinski definition) is 2. The van der Waals surface area contributed by atoms with E-state index in [2.05, 4.69) is 4.90 Å². The summed E-state index contributed by atoms with van der Waals surface area (Å²) in [5, 5.41) is 8.74. The van der Waals surface area contributed by atoms with Gasteiger partial charge in [-0.2, -0.15) is 0 Å². The number of nitrogens with zero attached hydrogens (tertiary/aromatic N) is 1. The maximum atomic E-state index is 10.6. The molecule has 2 fully saturated rings. The Balaban J connectivity index is 1.57. The van der Waals surface area contributed by atoms with Crippen LogP contribution in [0.4, 0.5) is 0 Å². The van der Waals surface area contributed by atoms with Crippen LogP contribution in [0.15, 0.2) is 0 Å². The quantitative estimate of drug-likeness (QED) is 0.773. The molecule has 1 saturated carbocycles. The van der Waals surface area contributed by atoms with E-state index in [0.29, 0.717) is 0 Å². The molecule has 3 heteroatoms. The molecule has 3 nitrogen and oxygen atoms in total. The number of carbonyl (C=O) groups is 1. The molecule has 0 atom stereocenters. The van der Waals surface area contributed by atoms with Gasteiger partial charge in [-0.3, -0.25) is 4.79 Å². The summed E-state index contributed by atoms with van der Waals surface area (Å²) >= 11 is 0. The second kappa shape index (κ2) is 4.97. The SMILES string of the molecule is O=C(O)C1CN(CCC2CCCCC2)C1. The number of aliphatic carboxylic acids is 1. The van der Waals surface area contributed by atoms with Crippen LogP contribution in [0.25, 0.3) is 0 Å². The van der Waals surface area contributed by atoms with Crippen LogP contribution in [-0.4, -0.2) is 35.6 Å². The number of carboxylic acids is 1. The molecule has 0 aromatic rings. The van der Waals surface area contributed by atoms with Gasteiger partial charge in [-0.1, -0.05) is 32.1 Å². The number of rotatable bonds is 4. The Morgan fingerprint density at radius 2 is 1.87 bits per heavy atom. The molecular weight excluding hydrogens is 190 g/mol. The Kier molecular flexibility index (Phi) is 3.62. The smallest absolute Gasteiger partial charge is 0.309 e. The Bertz CT molecular complexity index is 218. The minimum Gasteiger partial charge on any atom is -0.481 e. The van der Waals surface area contributed by atoms with E-state index in [4.69, 9.17) is 5.11 Å². The highest BCUT2D eigenvalue weighted by molar-refractivity contribution is 5.71. The van der Waals surface area contributed by atoms with E-state index in [-0.39, 0.29) is 5.92 Å². The normalized spacial score (nSPS) is 25.1. The molecule has 0 spiro atoms. The minimum absolute atomic E-state index is 0.0867. The highest BCUT2D eigenvalue weighted by atomic mass is 16.4. The van der Waals surface area contributed by atoms with Crippen LogP contribution < -0.4 is 0 Å². The van der Waals surface area contributed by atoms with Gasteiger partial charge in [0.2, 0.25) is 0 Å². The van der Waals surface area contributed by atoms with Crippen molar-refractivity contribution < 1.29 is 9.90 Å². The summed E-state index contributed by atoms with van der Waals surface area (Å²) in [5.41, 5.74) is 0. The summed E-state index contributed by atoms with van der Waals surface area (Å²) in [6.07, 6.45) is 8.31. The first kappa shape index (κ1) is 10.9. The van der Waals surface area contributed by atoms with Crippen LogP contribution >= 0.6 is 0 Å². The van der Waals surface area contributed by atoms with Crippen molar-refractivity contribution in [2.24, 2.45) is 11.8 Å². The molecular formula is C12H21NO2. The lowest BCUT2D eigenvalue weighted by Crippen LogP contribution is -2.50. The van der Waals surface area contributed by atoms with Gasteiger partial charge in [0.15, 0.2) is 0 Å². The van der Waals surface area contributed by atoms with E-state index in [1.807, 2.05) is 0 Å². The maximum absolute atomic E-state index is 10.6. The molecule has 2 rings (SSSR count). The largest absolute Gasteiger partial charge is 0.481 e. The third-order valence-corrected chi connectivity index (χ3v) is 3.88.